The zero-order valence-corrected chi connectivity index (χ0v) is 11.0. The van der Waals surface area contributed by atoms with Crippen molar-refractivity contribution in [3.8, 4) is 0 Å². The number of hydrogen-bond acceptors (Lipinski definition) is 3. The zero-order valence-electron chi connectivity index (χ0n) is 11.0. The Kier molecular flexibility index (Phi) is 3.52. The second-order valence-corrected chi connectivity index (χ2v) is 5.46. The maximum absolute atomic E-state index is 5.44. The quantitative estimate of drug-likeness (QED) is 0.854. The van der Waals surface area contributed by atoms with E-state index in [2.05, 4.69) is 35.8 Å². The molecule has 3 heteroatoms. The van der Waals surface area contributed by atoms with Gasteiger partial charge in [0.05, 0.1) is 6.61 Å². The molecule has 98 valence electrons. The summed E-state index contributed by atoms with van der Waals surface area (Å²) in [7, 11) is 0. The molecule has 1 aromatic carbocycles. The average Bonchev–Trinajstić information content (AvgIpc) is 3.05. The Hall–Kier alpha value is -1.06. The molecule has 0 bridgehead atoms. The molecule has 2 heterocycles. The van der Waals surface area contributed by atoms with E-state index in [4.69, 9.17) is 4.74 Å². The lowest BCUT2D eigenvalue weighted by atomic mass is 10.0. The first-order chi connectivity index (χ1) is 8.83. The highest BCUT2D eigenvalue weighted by atomic mass is 16.5. The van der Waals surface area contributed by atoms with Gasteiger partial charge in [0.25, 0.3) is 0 Å². The molecule has 1 saturated heterocycles. The number of hydrogen-bond donors (Lipinski definition) is 2. The van der Waals surface area contributed by atoms with Crippen molar-refractivity contribution >= 4 is 5.69 Å². The SMILES string of the molecule is CC(NCc1ccc2c(c1)NCC2)C1CCOC1. The molecule has 2 N–H and O–H groups in total. The summed E-state index contributed by atoms with van der Waals surface area (Å²) in [5, 5.41) is 7.06. The Bertz CT molecular complexity index is 413. The molecule has 0 spiro atoms. The van der Waals surface area contributed by atoms with Gasteiger partial charge in [0.2, 0.25) is 0 Å². The normalized spacial score (nSPS) is 23.7. The first-order valence-electron chi connectivity index (χ1n) is 7.00. The van der Waals surface area contributed by atoms with E-state index in [9.17, 15) is 0 Å². The highest BCUT2D eigenvalue weighted by molar-refractivity contribution is 5.56. The van der Waals surface area contributed by atoms with Crippen LogP contribution in [0.4, 0.5) is 5.69 Å². The van der Waals surface area contributed by atoms with E-state index in [0.717, 1.165) is 26.3 Å². The number of ether oxygens (including phenoxy) is 1. The Balaban J connectivity index is 1.56. The monoisotopic (exact) mass is 246 g/mol. The van der Waals surface area contributed by atoms with Crippen molar-refractivity contribution in [1.82, 2.24) is 5.32 Å². The van der Waals surface area contributed by atoms with Crippen LogP contribution in [0.3, 0.4) is 0 Å². The third-order valence-corrected chi connectivity index (χ3v) is 4.18. The first-order valence-corrected chi connectivity index (χ1v) is 7.00. The van der Waals surface area contributed by atoms with Gasteiger partial charge in [0.15, 0.2) is 0 Å². The van der Waals surface area contributed by atoms with E-state index < -0.39 is 0 Å². The lowest BCUT2D eigenvalue weighted by molar-refractivity contribution is 0.178. The van der Waals surface area contributed by atoms with Crippen molar-refractivity contribution in [3.05, 3.63) is 29.3 Å². The van der Waals surface area contributed by atoms with Gasteiger partial charge < -0.3 is 15.4 Å². The summed E-state index contributed by atoms with van der Waals surface area (Å²) in [6.45, 7) is 6.15. The molecule has 3 rings (SSSR count). The fraction of sp³-hybridized carbons (Fsp3) is 0.600. The van der Waals surface area contributed by atoms with Crippen LogP contribution in [-0.2, 0) is 17.7 Å². The minimum atomic E-state index is 0.536. The van der Waals surface area contributed by atoms with Crippen molar-refractivity contribution in [2.24, 2.45) is 5.92 Å². The van der Waals surface area contributed by atoms with Crippen molar-refractivity contribution in [2.45, 2.75) is 32.4 Å². The van der Waals surface area contributed by atoms with Crippen molar-refractivity contribution in [3.63, 3.8) is 0 Å². The van der Waals surface area contributed by atoms with Gasteiger partial charge in [-0.2, -0.15) is 0 Å². The standard InChI is InChI=1S/C15H22N2O/c1-11(14-5-7-18-10-14)17-9-12-2-3-13-4-6-16-15(13)8-12/h2-3,8,11,14,16-17H,4-7,9-10H2,1H3. The molecule has 0 saturated carbocycles. The molecule has 2 aliphatic heterocycles. The van der Waals surface area contributed by atoms with Gasteiger partial charge in [-0.05, 0) is 42.9 Å². The molecule has 0 radical (unpaired) electrons. The number of benzene rings is 1. The van der Waals surface area contributed by atoms with Crippen LogP contribution in [0.15, 0.2) is 18.2 Å². The molecular weight excluding hydrogens is 224 g/mol. The lowest BCUT2D eigenvalue weighted by Crippen LogP contribution is -2.33. The Morgan fingerprint density at radius 2 is 2.44 bits per heavy atom. The smallest absolute Gasteiger partial charge is 0.0509 e. The second kappa shape index (κ2) is 5.29. The van der Waals surface area contributed by atoms with Gasteiger partial charge in [-0.1, -0.05) is 12.1 Å². The summed E-state index contributed by atoms with van der Waals surface area (Å²) in [5.74, 6) is 0.678. The van der Waals surface area contributed by atoms with E-state index in [1.807, 2.05) is 0 Å². The maximum Gasteiger partial charge on any atom is 0.0509 e. The van der Waals surface area contributed by atoms with Crippen molar-refractivity contribution in [2.75, 3.05) is 25.1 Å². The highest BCUT2D eigenvalue weighted by Gasteiger charge is 2.21. The summed E-state index contributed by atoms with van der Waals surface area (Å²) >= 11 is 0. The van der Waals surface area contributed by atoms with Gasteiger partial charge in [-0.3, -0.25) is 0 Å². The Labute approximate surface area is 109 Å². The van der Waals surface area contributed by atoms with Gasteiger partial charge in [0, 0.05) is 31.4 Å². The van der Waals surface area contributed by atoms with Crippen molar-refractivity contribution < 1.29 is 4.74 Å². The van der Waals surface area contributed by atoms with E-state index in [-0.39, 0.29) is 0 Å². The number of nitrogens with one attached hydrogen (secondary N) is 2. The molecule has 0 amide bonds. The van der Waals surface area contributed by atoms with Gasteiger partial charge in [-0.15, -0.1) is 0 Å². The molecule has 0 aliphatic carbocycles. The minimum absolute atomic E-state index is 0.536. The summed E-state index contributed by atoms with van der Waals surface area (Å²) in [5.41, 5.74) is 4.15. The number of anilines is 1. The predicted molar refractivity (Wildman–Crippen MR) is 73.9 cm³/mol. The van der Waals surface area contributed by atoms with Crippen LogP contribution in [-0.4, -0.2) is 25.8 Å². The largest absolute Gasteiger partial charge is 0.384 e. The molecule has 18 heavy (non-hydrogen) atoms. The van der Waals surface area contributed by atoms with Crippen LogP contribution in [0.1, 0.15) is 24.5 Å². The Morgan fingerprint density at radius 1 is 1.50 bits per heavy atom. The van der Waals surface area contributed by atoms with Crippen LogP contribution < -0.4 is 10.6 Å². The molecule has 2 unspecified atom stereocenters. The molecule has 0 aromatic heterocycles. The van der Waals surface area contributed by atoms with E-state index in [1.54, 1.807) is 0 Å². The molecule has 3 nitrogen and oxygen atoms in total. The minimum Gasteiger partial charge on any atom is -0.384 e. The van der Waals surface area contributed by atoms with E-state index in [1.165, 1.54) is 29.7 Å². The van der Waals surface area contributed by atoms with Gasteiger partial charge in [0.1, 0.15) is 0 Å². The van der Waals surface area contributed by atoms with Gasteiger partial charge >= 0.3 is 0 Å². The molecule has 1 aromatic rings. The van der Waals surface area contributed by atoms with Crippen LogP contribution in [0.25, 0.3) is 0 Å². The zero-order chi connectivity index (χ0) is 12.4. The number of rotatable bonds is 4. The highest BCUT2D eigenvalue weighted by Crippen LogP contribution is 2.23. The third-order valence-electron chi connectivity index (χ3n) is 4.18. The fourth-order valence-corrected chi connectivity index (χ4v) is 2.84. The molecule has 2 aliphatic rings. The topological polar surface area (TPSA) is 33.3 Å². The van der Waals surface area contributed by atoms with Crippen molar-refractivity contribution in [1.29, 1.82) is 0 Å². The summed E-state index contributed by atoms with van der Waals surface area (Å²) in [6.07, 6.45) is 2.36. The summed E-state index contributed by atoms with van der Waals surface area (Å²) in [4.78, 5) is 0. The Morgan fingerprint density at radius 3 is 3.28 bits per heavy atom. The molecule has 1 fully saturated rings. The van der Waals surface area contributed by atoms with E-state index in [0.29, 0.717) is 12.0 Å². The molecule has 2 atom stereocenters. The third kappa shape index (κ3) is 2.52. The number of fused-ring (bicyclic) bond motifs is 1. The lowest BCUT2D eigenvalue weighted by Gasteiger charge is -2.19. The van der Waals surface area contributed by atoms with Crippen LogP contribution in [0.2, 0.25) is 0 Å². The van der Waals surface area contributed by atoms with Gasteiger partial charge in [-0.25, -0.2) is 0 Å². The first kappa shape index (κ1) is 12.0. The molecular formula is C15H22N2O. The van der Waals surface area contributed by atoms with Crippen LogP contribution in [0.5, 0.6) is 0 Å². The average molecular weight is 246 g/mol. The fourth-order valence-electron chi connectivity index (χ4n) is 2.84. The summed E-state index contributed by atoms with van der Waals surface area (Å²) < 4.78 is 5.44. The second-order valence-electron chi connectivity index (χ2n) is 5.46. The maximum atomic E-state index is 5.44. The summed E-state index contributed by atoms with van der Waals surface area (Å²) in [6, 6.07) is 7.33. The predicted octanol–water partition coefficient (Wildman–Crippen LogP) is 2.17. The van der Waals surface area contributed by atoms with Crippen LogP contribution in [0, 0.1) is 5.92 Å². The van der Waals surface area contributed by atoms with E-state index >= 15 is 0 Å². The van der Waals surface area contributed by atoms with Crippen LogP contribution >= 0.6 is 0 Å².